The lowest BCUT2D eigenvalue weighted by atomic mass is 9.80. The van der Waals surface area contributed by atoms with E-state index in [-0.39, 0.29) is 17.6 Å². The Labute approximate surface area is 141 Å². The van der Waals surface area contributed by atoms with Gasteiger partial charge in [0.15, 0.2) is 5.78 Å². The van der Waals surface area contributed by atoms with Crippen molar-refractivity contribution < 1.29 is 9.53 Å². The first-order chi connectivity index (χ1) is 10.6. The number of allylic oxidation sites excluding steroid dienone is 3. The van der Waals surface area contributed by atoms with E-state index < -0.39 is 0 Å². The fourth-order valence-corrected chi connectivity index (χ4v) is 4.99. The number of hydrogen-bond donors (Lipinski definition) is 1. The van der Waals surface area contributed by atoms with Gasteiger partial charge < -0.3 is 10.5 Å². The molecule has 4 nitrogen and oxygen atoms in total. The lowest BCUT2D eigenvalue weighted by Crippen LogP contribution is -2.26. The van der Waals surface area contributed by atoms with E-state index in [1.807, 2.05) is 6.07 Å². The van der Waals surface area contributed by atoms with Gasteiger partial charge in [0.1, 0.15) is 17.4 Å². The SMILES string of the molecule is CCc1sc([C@H]2C(C#N)=C(N)OC3=C2C(=O)CCC3)cc1Br. The Hall–Kier alpha value is -1.58. The number of carbonyl (C=O) groups excluding carboxylic acids is 1. The van der Waals surface area contributed by atoms with E-state index in [0.29, 0.717) is 29.7 Å². The van der Waals surface area contributed by atoms with E-state index in [9.17, 15) is 10.1 Å². The molecule has 1 aliphatic heterocycles. The molecule has 0 radical (unpaired) electrons. The standard InChI is InChI=1S/C16H15BrN2O2S/c1-2-12-9(17)6-13(22-12)14-8(7-18)16(19)21-11-5-3-4-10(20)15(11)14/h6,14H,2-5,19H2,1H3/t14-/m1/s1. The molecule has 1 aromatic rings. The van der Waals surface area contributed by atoms with Crippen molar-refractivity contribution in [1.82, 2.24) is 0 Å². The van der Waals surface area contributed by atoms with Crippen molar-refractivity contribution >= 4 is 33.0 Å². The first-order valence-corrected chi connectivity index (χ1v) is 8.79. The average molecular weight is 379 g/mol. The highest BCUT2D eigenvalue weighted by molar-refractivity contribution is 9.10. The van der Waals surface area contributed by atoms with Crippen LogP contribution in [-0.4, -0.2) is 5.78 Å². The zero-order valence-electron chi connectivity index (χ0n) is 12.1. The maximum absolute atomic E-state index is 12.4. The molecule has 6 heteroatoms. The molecule has 1 atom stereocenters. The number of nitrogens with two attached hydrogens (primary N) is 1. The first kappa shape index (κ1) is 15.3. The maximum atomic E-state index is 12.4. The van der Waals surface area contributed by atoms with Gasteiger partial charge in [-0.15, -0.1) is 11.3 Å². The number of ether oxygens (including phenoxy) is 1. The van der Waals surface area contributed by atoms with Crippen LogP contribution >= 0.6 is 27.3 Å². The number of carbonyl (C=O) groups is 1. The van der Waals surface area contributed by atoms with E-state index in [1.165, 1.54) is 4.88 Å². The molecule has 2 heterocycles. The van der Waals surface area contributed by atoms with Crippen LogP contribution in [0.1, 0.15) is 41.9 Å². The van der Waals surface area contributed by atoms with Gasteiger partial charge in [0.05, 0.1) is 5.92 Å². The lowest BCUT2D eigenvalue weighted by molar-refractivity contribution is -0.116. The van der Waals surface area contributed by atoms with Gasteiger partial charge in [0.25, 0.3) is 0 Å². The summed E-state index contributed by atoms with van der Waals surface area (Å²) in [5.74, 6) is 0.445. The topological polar surface area (TPSA) is 76.1 Å². The molecule has 3 rings (SSSR count). The summed E-state index contributed by atoms with van der Waals surface area (Å²) in [6.45, 7) is 2.08. The van der Waals surface area contributed by atoms with Crippen LogP contribution in [0.2, 0.25) is 0 Å². The zero-order chi connectivity index (χ0) is 15.9. The molecule has 0 unspecified atom stereocenters. The summed E-state index contributed by atoms with van der Waals surface area (Å²) >= 11 is 5.17. The first-order valence-electron chi connectivity index (χ1n) is 7.18. The van der Waals surface area contributed by atoms with Crippen molar-refractivity contribution in [3.05, 3.63) is 43.1 Å². The molecule has 0 saturated heterocycles. The van der Waals surface area contributed by atoms with Crippen molar-refractivity contribution in [2.45, 2.75) is 38.5 Å². The van der Waals surface area contributed by atoms with Crippen molar-refractivity contribution in [1.29, 1.82) is 5.26 Å². The quantitative estimate of drug-likeness (QED) is 0.846. The molecular formula is C16H15BrN2O2S. The van der Waals surface area contributed by atoms with Crippen molar-refractivity contribution in [2.24, 2.45) is 5.73 Å². The van der Waals surface area contributed by atoms with Crippen LogP contribution in [0.3, 0.4) is 0 Å². The van der Waals surface area contributed by atoms with E-state index in [2.05, 4.69) is 28.9 Å². The molecule has 0 fully saturated rings. The van der Waals surface area contributed by atoms with Gasteiger partial charge in [-0.25, -0.2) is 0 Å². The number of rotatable bonds is 2. The van der Waals surface area contributed by atoms with Crippen LogP contribution < -0.4 is 5.73 Å². The molecule has 0 aromatic carbocycles. The molecular weight excluding hydrogens is 364 g/mol. The number of halogens is 1. The fraction of sp³-hybridized carbons (Fsp3) is 0.375. The van der Waals surface area contributed by atoms with E-state index >= 15 is 0 Å². The average Bonchev–Trinajstić information content (AvgIpc) is 2.87. The Morgan fingerprint density at radius 2 is 2.32 bits per heavy atom. The second-order valence-corrected chi connectivity index (χ2v) is 7.33. The van der Waals surface area contributed by atoms with Gasteiger partial charge in [-0.2, -0.15) is 5.26 Å². The van der Waals surface area contributed by atoms with Gasteiger partial charge in [0.2, 0.25) is 5.88 Å². The highest BCUT2D eigenvalue weighted by Crippen LogP contribution is 2.46. The molecule has 2 aliphatic rings. The highest BCUT2D eigenvalue weighted by Gasteiger charge is 2.38. The molecule has 0 amide bonds. The summed E-state index contributed by atoms with van der Waals surface area (Å²) in [7, 11) is 0. The number of Topliss-reactive ketones (excluding diaryl/α,β-unsaturated/α-hetero) is 1. The largest absolute Gasteiger partial charge is 0.444 e. The third kappa shape index (κ3) is 2.38. The summed E-state index contributed by atoms with van der Waals surface area (Å²) in [4.78, 5) is 14.6. The Balaban J connectivity index is 2.17. The third-order valence-corrected chi connectivity index (χ3v) is 6.30. The second kappa shape index (κ2) is 5.90. The number of aryl methyl sites for hydroxylation is 1. The summed E-state index contributed by atoms with van der Waals surface area (Å²) in [6, 6.07) is 4.13. The minimum Gasteiger partial charge on any atom is -0.444 e. The van der Waals surface area contributed by atoms with Crippen LogP contribution in [-0.2, 0) is 16.0 Å². The molecule has 0 spiro atoms. The van der Waals surface area contributed by atoms with Gasteiger partial charge >= 0.3 is 0 Å². The van der Waals surface area contributed by atoms with Crippen LogP contribution in [0.15, 0.2) is 33.3 Å². The molecule has 114 valence electrons. The van der Waals surface area contributed by atoms with Crippen molar-refractivity contribution in [3.63, 3.8) is 0 Å². The number of ketones is 1. The predicted octanol–water partition coefficient (Wildman–Crippen LogP) is 3.89. The van der Waals surface area contributed by atoms with E-state index in [1.54, 1.807) is 11.3 Å². The smallest absolute Gasteiger partial charge is 0.205 e. The zero-order valence-corrected chi connectivity index (χ0v) is 14.5. The van der Waals surface area contributed by atoms with Crippen LogP contribution in [0.25, 0.3) is 0 Å². The number of nitrogens with zero attached hydrogens (tertiary/aromatic N) is 1. The maximum Gasteiger partial charge on any atom is 0.205 e. The van der Waals surface area contributed by atoms with Gasteiger partial charge in [-0.1, -0.05) is 6.92 Å². The number of hydrogen-bond acceptors (Lipinski definition) is 5. The normalized spacial score (nSPS) is 21.5. The minimum absolute atomic E-state index is 0.0640. The molecule has 1 aromatic heterocycles. The summed E-state index contributed by atoms with van der Waals surface area (Å²) in [5.41, 5.74) is 6.89. The Morgan fingerprint density at radius 1 is 1.55 bits per heavy atom. The molecule has 1 aliphatic carbocycles. The molecule has 0 bridgehead atoms. The van der Waals surface area contributed by atoms with Crippen LogP contribution in [0.5, 0.6) is 0 Å². The predicted molar refractivity (Wildman–Crippen MR) is 87.9 cm³/mol. The van der Waals surface area contributed by atoms with Crippen LogP contribution in [0, 0.1) is 11.3 Å². The summed E-state index contributed by atoms with van der Waals surface area (Å²) in [6.07, 6.45) is 2.87. The molecule has 22 heavy (non-hydrogen) atoms. The third-order valence-electron chi connectivity index (χ3n) is 3.99. The fourth-order valence-electron chi connectivity index (χ4n) is 2.95. The Kier molecular flexibility index (Phi) is 4.11. The van der Waals surface area contributed by atoms with Gasteiger partial charge in [-0.3, -0.25) is 4.79 Å². The molecule has 2 N–H and O–H groups in total. The second-order valence-electron chi connectivity index (χ2n) is 5.31. The summed E-state index contributed by atoms with van der Waals surface area (Å²) < 4.78 is 6.58. The minimum atomic E-state index is -0.386. The monoisotopic (exact) mass is 378 g/mol. The van der Waals surface area contributed by atoms with Gasteiger partial charge in [-0.05, 0) is 34.8 Å². The van der Waals surface area contributed by atoms with E-state index in [4.69, 9.17) is 10.5 Å². The highest BCUT2D eigenvalue weighted by atomic mass is 79.9. The number of nitriles is 1. The van der Waals surface area contributed by atoms with E-state index in [0.717, 1.165) is 22.2 Å². The molecule has 0 saturated carbocycles. The lowest BCUT2D eigenvalue weighted by Gasteiger charge is -2.30. The number of thiophene rings is 1. The Morgan fingerprint density at radius 3 is 2.95 bits per heavy atom. The van der Waals surface area contributed by atoms with Crippen molar-refractivity contribution in [3.8, 4) is 6.07 Å². The summed E-state index contributed by atoms with van der Waals surface area (Å²) in [5, 5.41) is 9.49. The van der Waals surface area contributed by atoms with Gasteiger partial charge in [0, 0.05) is 32.6 Å². The van der Waals surface area contributed by atoms with Crippen molar-refractivity contribution in [2.75, 3.05) is 0 Å². The Bertz CT molecular complexity index is 755. The van der Waals surface area contributed by atoms with Crippen LogP contribution in [0.4, 0.5) is 0 Å².